The molecule has 0 aliphatic heterocycles. The van der Waals surface area contributed by atoms with Crippen LogP contribution in [0.15, 0.2) is 12.2 Å². The lowest BCUT2D eigenvalue weighted by atomic mass is 9.91. The number of rotatable bonds is 8. The van der Waals surface area contributed by atoms with Gasteiger partial charge in [0.05, 0.1) is 0 Å². The van der Waals surface area contributed by atoms with Gasteiger partial charge in [0.25, 0.3) is 0 Å². The zero-order valence-electron chi connectivity index (χ0n) is 11.3. The highest BCUT2D eigenvalue weighted by molar-refractivity contribution is 4.85. The molecule has 1 unspecified atom stereocenters. The highest BCUT2D eigenvalue weighted by Gasteiger charge is 2.16. The van der Waals surface area contributed by atoms with E-state index >= 15 is 0 Å². The second kappa shape index (κ2) is 7.92. The Hall–Kier alpha value is -0.300. The first-order valence-corrected chi connectivity index (χ1v) is 6.38. The van der Waals surface area contributed by atoms with E-state index in [1.165, 1.54) is 25.7 Å². The van der Waals surface area contributed by atoms with E-state index in [1.807, 2.05) is 0 Å². The van der Waals surface area contributed by atoms with Crippen molar-refractivity contribution < 1.29 is 0 Å². The van der Waals surface area contributed by atoms with Gasteiger partial charge in [-0.15, -0.1) is 0 Å². The summed E-state index contributed by atoms with van der Waals surface area (Å²) in [5, 5.41) is 3.57. The van der Waals surface area contributed by atoms with Gasteiger partial charge in [-0.2, -0.15) is 0 Å². The molecule has 1 N–H and O–H groups in total. The van der Waals surface area contributed by atoms with E-state index in [1.54, 1.807) is 0 Å². The highest BCUT2D eigenvalue weighted by atomic mass is 14.9. The third-order valence-electron chi connectivity index (χ3n) is 2.98. The molecule has 0 aromatic carbocycles. The van der Waals surface area contributed by atoms with Crippen LogP contribution in [-0.4, -0.2) is 12.1 Å². The minimum Gasteiger partial charge on any atom is -0.308 e. The third-order valence-corrected chi connectivity index (χ3v) is 2.98. The Bertz CT molecular complexity index is 170. The molecule has 0 aromatic heterocycles. The SMILES string of the molecule is CC=CCNC(C)(C)CCC(C)CCC. The second-order valence-corrected chi connectivity index (χ2v) is 5.27. The van der Waals surface area contributed by atoms with Gasteiger partial charge < -0.3 is 5.32 Å². The topological polar surface area (TPSA) is 12.0 Å². The maximum atomic E-state index is 3.57. The van der Waals surface area contributed by atoms with Crippen molar-refractivity contribution in [3.05, 3.63) is 12.2 Å². The van der Waals surface area contributed by atoms with Gasteiger partial charge in [0.1, 0.15) is 0 Å². The van der Waals surface area contributed by atoms with Gasteiger partial charge in [0, 0.05) is 12.1 Å². The fourth-order valence-corrected chi connectivity index (χ4v) is 1.79. The maximum Gasteiger partial charge on any atom is 0.0139 e. The van der Waals surface area contributed by atoms with Gasteiger partial charge in [-0.1, -0.05) is 38.8 Å². The quantitative estimate of drug-likeness (QED) is 0.595. The molecule has 90 valence electrons. The lowest BCUT2D eigenvalue weighted by molar-refractivity contribution is 0.330. The Kier molecular flexibility index (Phi) is 7.76. The Morgan fingerprint density at radius 2 is 1.93 bits per heavy atom. The predicted octanol–water partition coefficient (Wildman–Crippen LogP) is 4.15. The van der Waals surface area contributed by atoms with E-state index in [9.17, 15) is 0 Å². The minimum absolute atomic E-state index is 0.279. The summed E-state index contributed by atoms with van der Waals surface area (Å²) >= 11 is 0. The molecule has 0 aromatic rings. The largest absolute Gasteiger partial charge is 0.308 e. The average molecular weight is 211 g/mol. The van der Waals surface area contributed by atoms with Crippen molar-refractivity contribution in [2.45, 2.75) is 65.8 Å². The van der Waals surface area contributed by atoms with E-state index in [4.69, 9.17) is 0 Å². The van der Waals surface area contributed by atoms with Gasteiger partial charge in [0.15, 0.2) is 0 Å². The lowest BCUT2D eigenvalue weighted by Gasteiger charge is -2.27. The first-order chi connectivity index (χ1) is 7.02. The van der Waals surface area contributed by atoms with Gasteiger partial charge in [-0.3, -0.25) is 0 Å². The van der Waals surface area contributed by atoms with Crippen LogP contribution in [0.5, 0.6) is 0 Å². The standard InChI is InChI=1S/C14H29N/c1-6-8-12-15-14(4,5)11-10-13(3)9-7-2/h6,8,13,15H,7,9-12H2,1-5H3. The van der Waals surface area contributed by atoms with E-state index in [0.29, 0.717) is 0 Å². The molecule has 1 nitrogen and oxygen atoms in total. The summed E-state index contributed by atoms with van der Waals surface area (Å²) in [6.45, 7) is 12.3. The predicted molar refractivity (Wildman–Crippen MR) is 70.2 cm³/mol. The molecule has 0 spiro atoms. The summed E-state index contributed by atoms with van der Waals surface area (Å²) < 4.78 is 0. The molecule has 0 saturated carbocycles. The van der Waals surface area contributed by atoms with Crippen LogP contribution in [0.25, 0.3) is 0 Å². The van der Waals surface area contributed by atoms with Crippen LogP contribution in [0.4, 0.5) is 0 Å². The summed E-state index contributed by atoms with van der Waals surface area (Å²) in [4.78, 5) is 0. The summed E-state index contributed by atoms with van der Waals surface area (Å²) in [6, 6.07) is 0. The summed E-state index contributed by atoms with van der Waals surface area (Å²) in [5.74, 6) is 0.873. The smallest absolute Gasteiger partial charge is 0.0139 e. The molecule has 0 fully saturated rings. The molecular formula is C14H29N. The fourth-order valence-electron chi connectivity index (χ4n) is 1.79. The highest BCUT2D eigenvalue weighted by Crippen LogP contribution is 2.19. The Morgan fingerprint density at radius 3 is 2.47 bits per heavy atom. The summed E-state index contributed by atoms with van der Waals surface area (Å²) in [5.41, 5.74) is 0.279. The summed E-state index contributed by atoms with van der Waals surface area (Å²) in [7, 11) is 0. The number of hydrogen-bond donors (Lipinski definition) is 1. The molecule has 0 amide bonds. The molecule has 0 heterocycles. The lowest BCUT2D eigenvalue weighted by Crippen LogP contribution is -2.39. The molecule has 0 aliphatic carbocycles. The van der Waals surface area contributed by atoms with Gasteiger partial charge in [-0.05, 0) is 39.5 Å². The van der Waals surface area contributed by atoms with Crippen LogP contribution in [0, 0.1) is 5.92 Å². The van der Waals surface area contributed by atoms with Crippen LogP contribution in [-0.2, 0) is 0 Å². The van der Waals surface area contributed by atoms with E-state index in [0.717, 1.165) is 12.5 Å². The van der Waals surface area contributed by atoms with Crippen molar-refractivity contribution in [2.75, 3.05) is 6.54 Å². The van der Waals surface area contributed by atoms with Crippen LogP contribution in [0.3, 0.4) is 0 Å². The van der Waals surface area contributed by atoms with Gasteiger partial charge >= 0.3 is 0 Å². The summed E-state index contributed by atoms with van der Waals surface area (Å²) in [6.07, 6.45) is 9.56. The van der Waals surface area contributed by atoms with Crippen molar-refractivity contribution in [2.24, 2.45) is 5.92 Å². The zero-order valence-corrected chi connectivity index (χ0v) is 11.3. The molecular weight excluding hydrogens is 182 g/mol. The number of nitrogens with one attached hydrogen (secondary N) is 1. The van der Waals surface area contributed by atoms with Crippen molar-refractivity contribution in [3.8, 4) is 0 Å². The zero-order chi connectivity index (χ0) is 11.7. The number of allylic oxidation sites excluding steroid dienone is 1. The molecule has 1 heteroatoms. The van der Waals surface area contributed by atoms with Gasteiger partial charge in [-0.25, -0.2) is 0 Å². The monoisotopic (exact) mass is 211 g/mol. The third kappa shape index (κ3) is 8.68. The second-order valence-electron chi connectivity index (χ2n) is 5.27. The average Bonchev–Trinajstić information content (AvgIpc) is 2.16. The van der Waals surface area contributed by atoms with Crippen LogP contribution < -0.4 is 5.32 Å². The molecule has 15 heavy (non-hydrogen) atoms. The molecule has 0 aliphatic rings. The minimum atomic E-state index is 0.279. The van der Waals surface area contributed by atoms with Crippen molar-refractivity contribution in [1.82, 2.24) is 5.32 Å². The van der Waals surface area contributed by atoms with E-state index in [2.05, 4.69) is 52.1 Å². The Morgan fingerprint density at radius 1 is 1.27 bits per heavy atom. The Labute approximate surface area is 96.3 Å². The molecule has 0 rings (SSSR count). The van der Waals surface area contributed by atoms with E-state index < -0.39 is 0 Å². The van der Waals surface area contributed by atoms with Crippen LogP contribution in [0.2, 0.25) is 0 Å². The first kappa shape index (κ1) is 14.7. The van der Waals surface area contributed by atoms with Gasteiger partial charge in [0.2, 0.25) is 0 Å². The van der Waals surface area contributed by atoms with Crippen LogP contribution >= 0.6 is 0 Å². The molecule has 0 radical (unpaired) electrons. The normalized spacial score (nSPS) is 14.7. The van der Waals surface area contributed by atoms with Crippen LogP contribution in [0.1, 0.15) is 60.3 Å². The van der Waals surface area contributed by atoms with Crippen molar-refractivity contribution >= 4 is 0 Å². The molecule has 1 atom stereocenters. The molecule has 0 saturated heterocycles. The first-order valence-electron chi connectivity index (χ1n) is 6.38. The fraction of sp³-hybridized carbons (Fsp3) is 0.857. The Balaban J connectivity index is 3.71. The van der Waals surface area contributed by atoms with Crippen molar-refractivity contribution in [1.29, 1.82) is 0 Å². The number of hydrogen-bond acceptors (Lipinski definition) is 1. The molecule has 0 bridgehead atoms. The van der Waals surface area contributed by atoms with E-state index in [-0.39, 0.29) is 5.54 Å². The maximum absolute atomic E-state index is 3.57. The van der Waals surface area contributed by atoms with Crippen molar-refractivity contribution in [3.63, 3.8) is 0 Å².